The Hall–Kier alpha value is -1.83. The third kappa shape index (κ3) is 6.36. The number of nitrogens with zero attached hydrogens (tertiary/aromatic N) is 1. The van der Waals surface area contributed by atoms with Crippen LogP contribution in [0.1, 0.15) is 19.3 Å². The zero-order valence-electron chi connectivity index (χ0n) is 16.0. The molecule has 2 saturated heterocycles. The van der Waals surface area contributed by atoms with E-state index in [2.05, 4.69) is 10.6 Å². The van der Waals surface area contributed by atoms with Gasteiger partial charge in [-0.15, -0.1) is 12.4 Å². The van der Waals surface area contributed by atoms with E-state index in [9.17, 15) is 14.7 Å². The lowest BCUT2D eigenvalue weighted by atomic mass is 9.96. The minimum atomic E-state index is -0.403. The highest BCUT2D eigenvalue weighted by molar-refractivity contribution is 5.85. The molecule has 0 aromatic heterocycles. The summed E-state index contributed by atoms with van der Waals surface area (Å²) in [6, 6.07) is 9.43. The molecular formula is C20H30ClN3O4. The molecule has 3 atom stereocenters. The van der Waals surface area contributed by atoms with Gasteiger partial charge in [0.05, 0.1) is 25.0 Å². The van der Waals surface area contributed by atoms with E-state index in [0.29, 0.717) is 39.2 Å². The van der Waals surface area contributed by atoms with Crippen LogP contribution in [0, 0.1) is 11.8 Å². The van der Waals surface area contributed by atoms with Crippen molar-refractivity contribution in [1.29, 1.82) is 0 Å². The quantitative estimate of drug-likeness (QED) is 0.617. The predicted octanol–water partition coefficient (Wildman–Crippen LogP) is 0.812. The fraction of sp³-hybridized carbons (Fsp3) is 0.600. The minimum absolute atomic E-state index is 0. The molecule has 156 valence electrons. The largest absolute Gasteiger partial charge is 0.493 e. The second-order valence-corrected chi connectivity index (χ2v) is 7.32. The average Bonchev–Trinajstić information content (AvgIpc) is 3.11. The van der Waals surface area contributed by atoms with Gasteiger partial charge in [0.25, 0.3) is 0 Å². The SMILES string of the molecule is Cl.O=C(NCC1CNCC1O)C1CCCN(C(=O)CCOc2ccccc2)C1. The molecule has 2 aliphatic rings. The monoisotopic (exact) mass is 411 g/mol. The van der Waals surface area contributed by atoms with Gasteiger partial charge in [0.15, 0.2) is 0 Å². The van der Waals surface area contributed by atoms with E-state index >= 15 is 0 Å². The highest BCUT2D eigenvalue weighted by atomic mass is 35.5. The molecule has 8 heteroatoms. The molecule has 1 aromatic rings. The van der Waals surface area contributed by atoms with Crippen molar-refractivity contribution >= 4 is 24.2 Å². The lowest BCUT2D eigenvalue weighted by molar-refractivity contribution is -0.136. The third-order valence-corrected chi connectivity index (χ3v) is 5.32. The summed E-state index contributed by atoms with van der Waals surface area (Å²) in [4.78, 5) is 26.7. The van der Waals surface area contributed by atoms with Crippen LogP contribution in [0.2, 0.25) is 0 Å². The van der Waals surface area contributed by atoms with Gasteiger partial charge in [-0.25, -0.2) is 0 Å². The van der Waals surface area contributed by atoms with Gasteiger partial charge < -0.3 is 25.4 Å². The molecule has 2 aliphatic heterocycles. The molecule has 2 heterocycles. The third-order valence-electron chi connectivity index (χ3n) is 5.32. The van der Waals surface area contributed by atoms with E-state index in [-0.39, 0.29) is 36.1 Å². The van der Waals surface area contributed by atoms with Gasteiger partial charge in [-0.3, -0.25) is 9.59 Å². The molecule has 0 spiro atoms. The Kier molecular flexibility index (Phi) is 9.02. The number of hydrogen-bond donors (Lipinski definition) is 3. The molecular weight excluding hydrogens is 382 g/mol. The van der Waals surface area contributed by atoms with Crippen molar-refractivity contribution in [1.82, 2.24) is 15.5 Å². The van der Waals surface area contributed by atoms with E-state index in [1.165, 1.54) is 0 Å². The molecule has 7 nitrogen and oxygen atoms in total. The normalized spacial score (nSPS) is 24.3. The molecule has 0 aliphatic carbocycles. The summed E-state index contributed by atoms with van der Waals surface area (Å²) in [5.41, 5.74) is 0. The number of amides is 2. The topological polar surface area (TPSA) is 90.9 Å². The van der Waals surface area contributed by atoms with Crippen LogP contribution in [0.15, 0.2) is 30.3 Å². The summed E-state index contributed by atoms with van der Waals surface area (Å²) in [5.74, 6) is 0.644. The van der Waals surface area contributed by atoms with Crippen LogP contribution in [0.4, 0.5) is 0 Å². The molecule has 0 saturated carbocycles. The lowest BCUT2D eigenvalue weighted by Gasteiger charge is -2.32. The molecule has 3 unspecified atom stereocenters. The van der Waals surface area contributed by atoms with Gasteiger partial charge in [-0.1, -0.05) is 18.2 Å². The van der Waals surface area contributed by atoms with Crippen LogP contribution >= 0.6 is 12.4 Å². The van der Waals surface area contributed by atoms with Crippen LogP contribution in [-0.2, 0) is 9.59 Å². The minimum Gasteiger partial charge on any atom is -0.493 e. The summed E-state index contributed by atoms with van der Waals surface area (Å²) in [5, 5.41) is 15.9. The maximum absolute atomic E-state index is 12.5. The van der Waals surface area contributed by atoms with Crippen molar-refractivity contribution in [2.24, 2.45) is 11.8 Å². The first kappa shape index (κ1) is 22.5. The van der Waals surface area contributed by atoms with Crippen molar-refractivity contribution in [3.63, 3.8) is 0 Å². The van der Waals surface area contributed by atoms with E-state index in [1.807, 2.05) is 30.3 Å². The number of nitrogens with one attached hydrogen (secondary N) is 2. The van der Waals surface area contributed by atoms with Gasteiger partial charge in [0.1, 0.15) is 5.75 Å². The Bertz CT molecular complexity index is 631. The Balaban J connectivity index is 0.00000280. The zero-order valence-corrected chi connectivity index (χ0v) is 16.8. The van der Waals surface area contributed by atoms with Crippen molar-refractivity contribution < 1.29 is 19.4 Å². The average molecular weight is 412 g/mol. The van der Waals surface area contributed by atoms with Crippen molar-refractivity contribution in [2.75, 3.05) is 39.3 Å². The van der Waals surface area contributed by atoms with Gasteiger partial charge in [-0.05, 0) is 25.0 Å². The first-order chi connectivity index (χ1) is 13.1. The number of benzene rings is 1. The summed E-state index contributed by atoms with van der Waals surface area (Å²) >= 11 is 0. The number of halogens is 1. The van der Waals surface area contributed by atoms with E-state index in [1.54, 1.807) is 4.90 Å². The molecule has 2 fully saturated rings. The second kappa shape index (κ2) is 11.2. The zero-order chi connectivity index (χ0) is 19.1. The van der Waals surface area contributed by atoms with Crippen molar-refractivity contribution in [3.8, 4) is 5.75 Å². The number of rotatable bonds is 7. The molecule has 3 rings (SSSR count). The summed E-state index contributed by atoms with van der Waals surface area (Å²) < 4.78 is 5.59. The second-order valence-electron chi connectivity index (χ2n) is 7.32. The Morgan fingerprint density at radius 3 is 2.75 bits per heavy atom. The van der Waals surface area contributed by atoms with Gasteiger partial charge >= 0.3 is 0 Å². The molecule has 2 amide bonds. The molecule has 28 heavy (non-hydrogen) atoms. The number of aliphatic hydroxyl groups excluding tert-OH is 1. The van der Waals surface area contributed by atoms with E-state index in [4.69, 9.17) is 4.74 Å². The van der Waals surface area contributed by atoms with Gasteiger partial charge in [0, 0.05) is 38.6 Å². The maximum Gasteiger partial charge on any atom is 0.226 e. The highest BCUT2D eigenvalue weighted by Gasteiger charge is 2.30. The summed E-state index contributed by atoms with van der Waals surface area (Å²) in [7, 11) is 0. The molecule has 0 bridgehead atoms. The number of ether oxygens (including phenoxy) is 1. The molecule has 1 aromatic carbocycles. The van der Waals surface area contributed by atoms with Crippen LogP contribution in [0.5, 0.6) is 5.75 Å². The number of para-hydroxylation sites is 1. The number of likely N-dealkylation sites (tertiary alicyclic amines) is 1. The Morgan fingerprint density at radius 2 is 2.04 bits per heavy atom. The number of carbonyl (C=O) groups is 2. The van der Waals surface area contributed by atoms with Gasteiger partial charge in [-0.2, -0.15) is 0 Å². The van der Waals surface area contributed by atoms with Crippen LogP contribution < -0.4 is 15.4 Å². The van der Waals surface area contributed by atoms with Crippen LogP contribution in [-0.4, -0.2) is 67.3 Å². The lowest BCUT2D eigenvalue weighted by Crippen LogP contribution is -2.47. The number of carbonyl (C=O) groups excluding carboxylic acids is 2. The van der Waals surface area contributed by atoms with Crippen LogP contribution in [0.25, 0.3) is 0 Å². The highest BCUT2D eigenvalue weighted by Crippen LogP contribution is 2.18. The fourth-order valence-electron chi connectivity index (χ4n) is 3.65. The standard InChI is InChI=1S/C20H29N3O4.ClH/c24-18-13-21-11-16(18)12-22-20(26)15-5-4-9-23(14-15)19(25)8-10-27-17-6-2-1-3-7-17;/h1-3,6-7,15-16,18,21,24H,4-5,8-14H2,(H,22,26);1H. The fourth-order valence-corrected chi connectivity index (χ4v) is 3.65. The predicted molar refractivity (Wildman–Crippen MR) is 108 cm³/mol. The maximum atomic E-state index is 12.5. The number of aliphatic hydroxyl groups is 1. The van der Waals surface area contributed by atoms with Crippen molar-refractivity contribution in [2.45, 2.75) is 25.4 Å². The summed E-state index contributed by atoms with van der Waals surface area (Å²) in [6.07, 6.45) is 1.53. The smallest absolute Gasteiger partial charge is 0.226 e. The first-order valence-corrected chi connectivity index (χ1v) is 9.75. The van der Waals surface area contributed by atoms with Gasteiger partial charge in [0.2, 0.25) is 11.8 Å². The first-order valence-electron chi connectivity index (χ1n) is 9.75. The molecule has 3 N–H and O–H groups in total. The van der Waals surface area contributed by atoms with E-state index in [0.717, 1.165) is 25.1 Å². The van der Waals surface area contributed by atoms with Crippen molar-refractivity contribution in [3.05, 3.63) is 30.3 Å². The molecule has 0 radical (unpaired) electrons. The number of hydrogen-bond acceptors (Lipinski definition) is 5. The summed E-state index contributed by atoms with van der Waals surface area (Å²) in [6.45, 7) is 3.27. The van der Waals surface area contributed by atoms with Crippen LogP contribution in [0.3, 0.4) is 0 Å². The Morgan fingerprint density at radius 1 is 1.25 bits per heavy atom. The Labute approximate surface area is 172 Å². The van der Waals surface area contributed by atoms with E-state index < -0.39 is 6.10 Å². The number of piperidine rings is 1. The number of β-amino-alcohol motifs (C(OH)–C–C–N with tert-alkyl or cyclic N) is 1.